The van der Waals surface area contributed by atoms with Gasteiger partial charge in [0.2, 0.25) is 0 Å². The van der Waals surface area contributed by atoms with Crippen molar-refractivity contribution < 1.29 is 19.5 Å². The third kappa shape index (κ3) is 11.7. The number of carbonyl (C=O) groups excluding carboxylic acids is 3. The summed E-state index contributed by atoms with van der Waals surface area (Å²) in [6, 6.07) is 22.1. The maximum absolute atomic E-state index is 11.7. The molecule has 6 rings (SSSR count). The topological polar surface area (TPSA) is 338 Å². The molecule has 0 radical (unpaired) electrons. The molecule has 59 heavy (non-hydrogen) atoms. The van der Waals surface area contributed by atoms with Crippen molar-refractivity contribution in [2.75, 3.05) is 38.3 Å². The molecule has 0 saturated carbocycles. The van der Waals surface area contributed by atoms with E-state index in [4.69, 9.17) is 33.6 Å². The molecule has 0 aliphatic rings. The molecule has 0 aliphatic heterocycles. The van der Waals surface area contributed by atoms with E-state index in [1.54, 1.807) is 18.2 Å². The van der Waals surface area contributed by atoms with Gasteiger partial charge in [0.1, 0.15) is 0 Å². The van der Waals surface area contributed by atoms with E-state index in [0.717, 1.165) is 33.4 Å². The van der Waals surface area contributed by atoms with E-state index in [9.17, 15) is 14.4 Å². The fourth-order valence-corrected chi connectivity index (χ4v) is 5.10. The lowest BCUT2D eigenvalue weighted by molar-refractivity contribution is 0.0951. The van der Waals surface area contributed by atoms with Gasteiger partial charge in [-0.2, -0.15) is 0 Å². The van der Waals surface area contributed by atoms with E-state index in [2.05, 4.69) is 55.9 Å². The van der Waals surface area contributed by atoms with Crippen molar-refractivity contribution in [3.63, 3.8) is 0 Å². The molecule has 0 spiro atoms. The number of carbonyl (C=O) groups is 3. The summed E-state index contributed by atoms with van der Waals surface area (Å²) in [5.74, 6) is -0.873. The van der Waals surface area contributed by atoms with Crippen LogP contribution < -0.4 is 38.9 Å². The highest BCUT2D eigenvalue weighted by molar-refractivity contribution is 5.97. The second-order valence-electron chi connectivity index (χ2n) is 12.1. The average Bonchev–Trinajstić information content (AvgIpc) is 3.28. The number of nitrogens with zero attached hydrogens (tertiary/aromatic N) is 9. The largest absolute Gasteiger partial charge is 0.392 e. The summed E-state index contributed by atoms with van der Waals surface area (Å²) in [5.41, 5.74) is 37.8. The number of amides is 3. The predicted octanol–water partition coefficient (Wildman–Crippen LogP) is 3.02. The molecule has 6 aromatic rings. The van der Waals surface area contributed by atoms with Crippen LogP contribution in [0.4, 0.5) is 17.5 Å². The molecule has 3 aromatic carbocycles. The summed E-state index contributed by atoms with van der Waals surface area (Å²) in [4.78, 5) is 62.3. The number of nitrogens with two attached hydrogens (primary N) is 4. The molecule has 12 N–H and O–H groups in total. The quantitative estimate of drug-likeness (QED) is 0.0561. The maximum atomic E-state index is 11.7. The molecule has 0 aliphatic carbocycles. The predicted molar refractivity (Wildman–Crippen MR) is 222 cm³/mol. The van der Waals surface area contributed by atoms with Crippen molar-refractivity contribution >= 4 is 35.2 Å². The second-order valence-corrected chi connectivity index (χ2v) is 12.1. The van der Waals surface area contributed by atoms with Crippen LogP contribution in [-0.4, -0.2) is 73.9 Å². The van der Waals surface area contributed by atoms with Gasteiger partial charge in [0, 0.05) is 49.3 Å². The summed E-state index contributed by atoms with van der Waals surface area (Å²) in [7, 11) is 4.52. The molecule has 0 unspecified atom stereocenters. The van der Waals surface area contributed by atoms with Gasteiger partial charge in [0.25, 0.3) is 17.7 Å². The minimum atomic E-state index is -0.396. The molecule has 3 heterocycles. The first-order chi connectivity index (χ1) is 28.5. The smallest absolute Gasteiger partial charge is 0.273 e. The van der Waals surface area contributed by atoms with Gasteiger partial charge in [-0.15, -0.1) is 0 Å². The number of aliphatic hydroxyl groups is 1. The highest BCUT2D eigenvalue weighted by atomic mass is 16.3. The molecule has 0 fully saturated rings. The van der Waals surface area contributed by atoms with Crippen LogP contribution in [0.15, 0.2) is 96.5 Å². The number of benzene rings is 3. The molecule has 20 heteroatoms. The van der Waals surface area contributed by atoms with Crippen molar-refractivity contribution in [2.45, 2.75) is 19.7 Å². The van der Waals surface area contributed by atoms with Crippen molar-refractivity contribution in [3.05, 3.63) is 136 Å². The lowest BCUT2D eigenvalue weighted by atomic mass is 10.1. The Bertz CT molecular complexity index is 2380. The van der Waals surface area contributed by atoms with Crippen LogP contribution in [0.3, 0.4) is 0 Å². The molecule has 0 bridgehead atoms. The number of nitrogens with one attached hydrogen (secondary N) is 3. The Balaban J connectivity index is 0.000000196. The number of rotatable bonds is 10. The second kappa shape index (κ2) is 21.3. The van der Waals surface area contributed by atoms with Gasteiger partial charge in [0.15, 0.2) is 34.5 Å². The summed E-state index contributed by atoms with van der Waals surface area (Å²) >= 11 is 0. The van der Waals surface area contributed by atoms with Crippen molar-refractivity contribution in [2.24, 2.45) is 10.8 Å². The molecular formula is C39H42N16O4. The number of azide groups is 1. The van der Waals surface area contributed by atoms with Crippen LogP contribution in [0, 0.1) is 0 Å². The molecule has 302 valence electrons. The van der Waals surface area contributed by atoms with E-state index in [-0.39, 0.29) is 59.5 Å². The van der Waals surface area contributed by atoms with Gasteiger partial charge < -0.3 is 44.0 Å². The van der Waals surface area contributed by atoms with E-state index in [1.165, 1.54) is 39.7 Å². The molecule has 3 aromatic heterocycles. The first-order valence-corrected chi connectivity index (χ1v) is 17.6. The molecule has 0 atom stereocenters. The summed E-state index contributed by atoms with van der Waals surface area (Å²) in [6.45, 7) is 0.631. The number of aromatic nitrogens is 6. The SMILES string of the molecule is CNC(=O)c1nc(-c2cccc(CN)c2)cnc1N.CNC(=O)c1nc(-c2cccc(CN=[N+]=[N-])c2)cnc1N.CNC(=O)c1nc(-c2cccc(CO)c2)cnc1N. The number of anilines is 3. The van der Waals surface area contributed by atoms with Crippen molar-refractivity contribution in [3.8, 4) is 33.8 Å². The number of hydrogen-bond donors (Lipinski definition) is 8. The van der Waals surface area contributed by atoms with Gasteiger partial charge in [-0.1, -0.05) is 59.7 Å². The van der Waals surface area contributed by atoms with Gasteiger partial charge in [-0.05, 0) is 40.4 Å². The van der Waals surface area contributed by atoms with Crippen LogP contribution >= 0.6 is 0 Å². The molecular weight excluding hydrogens is 757 g/mol. The molecule has 3 amide bonds. The lowest BCUT2D eigenvalue weighted by Gasteiger charge is -2.07. The third-order valence-electron chi connectivity index (χ3n) is 8.13. The van der Waals surface area contributed by atoms with Gasteiger partial charge in [0.05, 0.1) is 48.8 Å². The normalized spacial score (nSPS) is 10.1. The van der Waals surface area contributed by atoms with Crippen LogP contribution in [0.2, 0.25) is 0 Å². The van der Waals surface area contributed by atoms with Gasteiger partial charge in [-0.3, -0.25) is 14.4 Å². The van der Waals surface area contributed by atoms with Crippen LogP contribution in [-0.2, 0) is 19.7 Å². The minimum Gasteiger partial charge on any atom is -0.392 e. The Kier molecular flexibility index (Phi) is 15.8. The number of nitrogen functional groups attached to an aromatic ring is 3. The standard InChI is InChI=1S/C13H13N7O.C13H15N5O.C13H14N4O2/c1-16-13(21)11-12(14)17-7-10(19-11)9-4-2-3-8(5-9)6-18-20-15;1-16-13(19)11-12(15)17-7-10(18-11)9-4-2-3-8(5-9)6-14;1-15-13(19)11-12(14)16-6-10(17-11)9-4-2-3-8(5-9)7-18/h2-5,7H,6H2,1H3,(H2,14,17)(H,16,21);2-5,7H,6,14H2,1H3,(H2,15,17)(H,16,19);2-6,18H,7H2,1H3,(H2,14,16)(H,15,19). The first-order valence-electron chi connectivity index (χ1n) is 17.6. The fraction of sp³-hybridized carbons (Fsp3) is 0.154. The Hall–Kier alpha value is -8.06. The first kappa shape index (κ1) is 43.7. The molecule has 0 saturated heterocycles. The zero-order valence-electron chi connectivity index (χ0n) is 32.3. The van der Waals surface area contributed by atoms with Crippen LogP contribution in [0.25, 0.3) is 44.2 Å². The number of hydrogen-bond acceptors (Lipinski definition) is 15. The highest BCUT2D eigenvalue weighted by Gasteiger charge is 2.15. The summed E-state index contributed by atoms with van der Waals surface area (Å²) in [6.07, 6.45) is 4.53. The number of aliphatic hydroxyl groups excluding tert-OH is 1. The Labute approximate surface area is 338 Å². The van der Waals surface area contributed by atoms with Gasteiger partial charge in [-0.25, -0.2) is 29.9 Å². The van der Waals surface area contributed by atoms with E-state index in [1.807, 2.05) is 54.6 Å². The maximum Gasteiger partial charge on any atom is 0.273 e. The molecule has 20 nitrogen and oxygen atoms in total. The zero-order chi connectivity index (χ0) is 42.9. The Morgan fingerprint density at radius 2 is 0.983 bits per heavy atom. The van der Waals surface area contributed by atoms with E-state index in [0.29, 0.717) is 23.6 Å². The monoisotopic (exact) mass is 798 g/mol. The Morgan fingerprint density at radius 3 is 1.34 bits per heavy atom. The Morgan fingerprint density at radius 1 is 0.627 bits per heavy atom. The van der Waals surface area contributed by atoms with Crippen molar-refractivity contribution in [1.82, 2.24) is 45.9 Å². The highest BCUT2D eigenvalue weighted by Crippen LogP contribution is 2.22. The van der Waals surface area contributed by atoms with E-state index < -0.39 is 5.91 Å². The lowest BCUT2D eigenvalue weighted by Crippen LogP contribution is -2.21. The minimum absolute atomic E-state index is 0.0570. The average molecular weight is 799 g/mol. The van der Waals surface area contributed by atoms with Crippen molar-refractivity contribution in [1.29, 1.82) is 0 Å². The van der Waals surface area contributed by atoms with Gasteiger partial charge >= 0.3 is 0 Å². The zero-order valence-corrected chi connectivity index (χ0v) is 32.3. The van der Waals surface area contributed by atoms with Crippen LogP contribution in [0.5, 0.6) is 0 Å². The fourth-order valence-electron chi connectivity index (χ4n) is 5.10. The summed E-state index contributed by atoms with van der Waals surface area (Å²) in [5, 5.41) is 20.0. The van der Waals surface area contributed by atoms with E-state index >= 15 is 0 Å². The van der Waals surface area contributed by atoms with Crippen LogP contribution in [0.1, 0.15) is 48.2 Å². The third-order valence-corrected chi connectivity index (χ3v) is 8.13. The summed E-state index contributed by atoms with van der Waals surface area (Å²) < 4.78 is 0.